The molecule has 5 unspecified atom stereocenters. The highest BCUT2D eigenvalue weighted by atomic mass is 16.5. The predicted molar refractivity (Wildman–Crippen MR) is 170 cm³/mol. The Balaban J connectivity index is 1.22. The van der Waals surface area contributed by atoms with Crippen molar-refractivity contribution in [3.05, 3.63) is 65.9 Å². The monoisotopic (exact) mass is 613 g/mol. The van der Waals surface area contributed by atoms with Crippen molar-refractivity contribution in [1.29, 1.82) is 0 Å². The summed E-state index contributed by atoms with van der Waals surface area (Å²) in [6.45, 7) is 0.602. The van der Waals surface area contributed by atoms with Crippen LogP contribution in [0.1, 0.15) is 73.8 Å². The van der Waals surface area contributed by atoms with Gasteiger partial charge in [0.05, 0.1) is 19.8 Å². The Labute approximate surface area is 264 Å². The molecule has 238 valence electrons. The summed E-state index contributed by atoms with van der Waals surface area (Å²) < 4.78 is 11.3. The zero-order valence-electron chi connectivity index (χ0n) is 26.0. The highest BCUT2D eigenvalue weighted by Gasteiger charge is 2.49. The lowest BCUT2D eigenvalue weighted by Crippen LogP contribution is -2.54. The van der Waals surface area contributed by atoms with Crippen LogP contribution >= 0.6 is 0 Å². The molecule has 2 heterocycles. The van der Waals surface area contributed by atoms with E-state index in [1.807, 2.05) is 48.5 Å². The number of carbonyl (C=O) groups is 4. The molecule has 9 heteroatoms. The van der Waals surface area contributed by atoms with Crippen LogP contribution in [0.5, 0.6) is 5.75 Å². The van der Waals surface area contributed by atoms with Crippen molar-refractivity contribution in [2.45, 2.75) is 76.5 Å². The van der Waals surface area contributed by atoms with Gasteiger partial charge in [-0.25, -0.2) is 0 Å². The summed E-state index contributed by atoms with van der Waals surface area (Å²) in [5.41, 5.74) is 2.14. The van der Waals surface area contributed by atoms with Crippen LogP contribution in [0.3, 0.4) is 0 Å². The summed E-state index contributed by atoms with van der Waals surface area (Å²) in [5.74, 6) is -0.0271. The summed E-state index contributed by atoms with van der Waals surface area (Å²) in [6.07, 6.45) is 7.17. The van der Waals surface area contributed by atoms with E-state index in [0.717, 1.165) is 55.0 Å². The first-order valence-electron chi connectivity index (χ1n) is 16.4. The number of amides is 2. The van der Waals surface area contributed by atoms with Gasteiger partial charge in [-0.3, -0.25) is 19.2 Å². The van der Waals surface area contributed by atoms with Crippen molar-refractivity contribution in [3.63, 3.8) is 0 Å². The van der Waals surface area contributed by atoms with Crippen LogP contribution in [-0.2, 0) is 25.7 Å². The third kappa shape index (κ3) is 6.83. The summed E-state index contributed by atoms with van der Waals surface area (Å²) in [4.78, 5) is 59.6. The zero-order valence-corrected chi connectivity index (χ0v) is 26.0. The summed E-state index contributed by atoms with van der Waals surface area (Å²) in [6, 6.07) is 15.5. The highest BCUT2D eigenvalue weighted by Crippen LogP contribution is 2.41. The quantitative estimate of drug-likeness (QED) is 0.306. The van der Waals surface area contributed by atoms with E-state index in [-0.39, 0.29) is 60.8 Å². The summed E-state index contributed by atoms with van der Waals surface area (Å²) >= 11 is 0. The van der Waals surface area contributed by atoms with E-state index in [1.165, 1.54) is 0 Å². The Morgan fingerprint density at radius 3 is 2.60 bits per heavy atom. The minimum atomic E-state index is -0.864. The molecular formula is C36H43N3O6. The summed E-state index contributed by atoms with van der Waals surface area (Å²) in [7, 11) is 1.60. The minimum Gasteiger partial charge on any atom is -0.496 e. The SMILES string of the molecule is COc1cccc2[nH]c(C(=O)N3CC4CCCCC4C3C(=O)NC(CC3CCCCC3=O)C(=O)COCc3ccccc3)cc12. The molecule has 5 atom stereocenters. The van der Waals surface area contributed by atoms with E-state index in [9.17, 15) is 19.2 Å². The average Bonchev–Trinajstić information content (AvgIpc) is 3.68. The van der Waals surface area contributed by atoms with Crippen molar-refractivity contribution in [2.75, 3.05) is 20.3 Å². The molecule has 45 heavy (non-hydrogen) atoms. The number of nitrogens with one attached hydrogen (secondary N) is 2. The van der Waals surface area contributed by atoms with Crippen molar-refractivity contribution >= 4 is 34.3 Å². The molecule has 2 saturated carbocycles. The van der Waals surface area contributed by atoms with Crippen LogP contribution in [0.4, 0.5) is 0 Å². The number of likely N-dealkylation sites (tertiary alicyclic amines) is 1. The number of carbonyl (C=O) groups excluding carboxylic acids is 4. The largest absolute Gasteiger partial charge is 0.496 e. The van der Waals surface area contributed by atoms with Gasteiger partial charge >= 0.3 is 0 Å². The molecule has 1 saturated heterocycles. The van der Waals surface area contributed by atoms with Gasteiger partial charge in [-0.1, -0.05) is 55.7 Å². The van der Waals surface area contributed by atoms with Gasteiger partial charge in [0, 0.05) is 29.8 Å². The lowest BCUT2D eigenvalue weighted by molar-refractivity contribution is -0.134. The van der Waals surface area contributed by atoms with Crippen molar-refractivity contribution < 1.29 is 28.7 Å². The van der Waals surface area contributed by atoms with Gasteiger partial charge in [0.25, 0.3) is 5.91 Å². The molecule has 6 rings (SSSR count). The second-order valence-corrected chi connectivity index (χ2v) is 12.9. The number of nitrogens with zero attached hydrogens (tertiary/aromatic N) is 1. The van der Waals surface area contributed by atoms with Crippen LogP contribution in [0.2, 0.25) is 0 Å². The number of ether oxygens (including phenoxy) is 2. The molecule has 2 aromatic carbocycles. The fourth-order valence-electron chi connectivity index (χ4n) is 7.66. The number of hydrogen-bond acceptors (Lipinski definition) is 6. The van der Waals surface area contributed by atoms with Gasteiger partial charge in [-0.2, -0.15) is 0 Å². The van der Waals surface area contributed by atoms with Crippen molar-refractivity contribution in [2.24, 2.45) is 17.8 Å². The van der Waals surface area contributed by atoms with Crippen LogP contribution < -0.4 is 10.1 Å². The van der Waals surface area contributed by atoms with E-state index in [2.05, 4.69) is 10.3 Å². The lowest BCUT2D eigenvalue weighted by atomic mass is 9.78. The standard InChI is InChI=1S/C36H43N3O6/c1-44-33-17-9-15-28-27(33)19-30(37-28)36(43)39-20-25-13-5-7-14-26(25)34(39)35(42)38-29(18-24-12-6-8-16-31(24)40)32(41)22-45-21-23-10-3-2-4-11-23/h2-4,9-11,15,17,19,24-26,29,34,37H,5-8,12-14,16,18,20-22H2,1H3,(H,38,42). The molecule has 0 bridgehead atoms. The Morgan fingerprint density at radius 2 is 1.80 bits per heavy atom. The zero-order chi connectivity index (χ0) is 31.3. The summed E-state index contributed by atoms with van der Waals surface area (Å²) in [5, 5.41) is 3.85. The number of rotatable bonds is 11. The normalized spacial score (nSPS) is 23.8. The number of hydrogen-bond donors (Lipinski definition) is 2. The first kappa shape index (κ1) is 31.0. The van der Waals surface area contributed by atoms with Crippen LogP contribution in [0.15, 0.2) is 54.6 Å². The maximum Gasteiger partial charge on any atom is 0.271 e. The van der Waals surface area contributed by atoms with Gasteiger partial charge in [0.15, 0.2) is 5.78 Å². The molecular weight excluding hydrogens is 570 g/mol. The van der Waals surface area contributed by atoms with Gasteiger partial charge < -0.3 is 24.7 Å². The molecule has 1 aromatic heterocycles. The molecule has 3 aliphatic rings. The molecule has 3 fully saturated rings. The highest BCUT2D eigenvalue weighted by molar-refractivity contribution is 6.02. The predicted octanol–water partition coefficient (Wildman–Crippen LogP) is 5.23. The number of H-pyrrole nitrogens is 1. The van der Waals surface area contributed by atoms with Crippen molar-refractivity contribution in [1.82, 2.24) is 15.2 Å². The molecule has 0 radical (unpaired) electrons. The molecule has 9 nitrogen and oxygen atoms in total. The van der Waals surface area contributed by atoms with Crippen LogP contribution in [-0.4, -0.2) is 65.6 Å². The van der Waals surface area contributed by atoms with E-state index >= 15 is 0 Å². The van der Waals surface area contributed by atoms with Gasteiger partial charge in [0.1, 0.15) is 29.9 Å². The number of Topliss-reactive ketones (excluding diaryl/α,β-unsaturated/α-hetero) is 2. The fourth-order valence-corrected chi connectivity index (χ4v) is 7.66. The second kappa shape index (κ2) is 14.0. The van der Waals surface area contributed by atoms with Gasteiger partial charge in [-0.05, 0) is 67.7 Å². The topological polar surface area (TPSA) is 118 Å². The first-order valence-corrected chi connectivity index (χ1v) is 16.4. The number of aromatic nitrogens is 1. The second-order valence-electron chi connectivity index (χ2n) is 12.9. The lowest BCUT2D eigenvalue weighted by Gasteiger charge is -2.32. The minimum absolute atomic E-state index is 0.0167. The molecule has 3 aromatic rings. The van der Waals surface area contributed by atoms with E-state index in [0.29, 0.717) is 30.8 Å². The number of aromatic amines is 1. The number of fused-ring (bicyclic) bond motifs is 2. The van der Waals surface area contributed by atoms with Crippen LogP contribution in [0.25, 0.3) is 10.9 Å². The number of ketones is 2. The molecule has 0 spiro atoms. The molecule has 2 aliphatic carbocycles. The fraction of sp³-hybridized carbons (Fsp3) is 0.500. The average molecular weight is 614 g/mol. The molecule has 2 N–H and O–H groups in total. The maximum absolute atomic E-state index is 14.2. The third-order valence-corrected chi connectivity index (χ3v) is 10.0. The van der Waals surface area contributed by atoms with Gasteiger partial charge in [0.2, 0.25) is 5.91 Å². The maximum atomic E-state index is 14.2. The Kier molecular flexibility index (Phi) is 9.64. The molecule has 2 amide bonds. The van der Waals surface area contributed by atoms with E-state index in [4.69, 9.17) is 9.47 Å². The smallest absolute Gasteiger partial charge is 0.271 e. The Bertz CT molecular complexity index is 1530. The van der Waals surface area contributed by atoms with Crippen LogP contribution in [0, 0.1) is 17.8 Å². The Morgan fingerprint density at radius 1 is 1.00 bits per heavy atom. The molecule has 1 aliphatic heterocycles. The third-order valence-electron chi connectivity index (χ3n) is 10.0. The van der Waals surface area contributed by atoms with E-state index < -0.39 is 12.1 Å². The van der Waals surface area contributed by atoms with Gasteiger partial charge in [-0.15, -0.1) is 0 Å². The number of methoxy groups -OCH3 is 1. The van der Waals surface area contributed by atoms with E-state index in [1.54, 1.807) is 18.1 Å². The Hall–Kier alpha value is -3.98. The first-order chi connectivity index (χ1) is 21.9. The number of benzene rings is 2. The van der Waals surface area contributed by atoms with Crippen molar-refractivity contribution in [3.8, 4) is 5.75 Å².